The van der Waals surface area contributed by atoms with Crippen LogP contribution in [0.3, 0.4) is 0 Å². The van der Waals surface area contributed by atoms with Crippen LogP contribution in [0.1, 0.15) is 44.9 Å². The molecule has 3 unspecified atom stereocenters. The van der Waals surface area contributed by atoms with E-state index in [0.717, 1.165) is 12.8 Å². The van der Waals surface area contributed by atoms with Crippen LogP contribution in [0.5, 0.6) is 0 Å². The predicted octanol–water partition coefficient (Wildman–Crippen LogP) is 0.302. The molecule has 0 aromatic carbocycles. The van der Waals surface area contributed by atoms with E-state index < -0.39 is 85.2 Å². The number of Topliss-reactive ketones (excluding diaryl/α,β-unsaturated/α-hetero) is 1. The third-order valence-corrected chi connectivity index (χ3v) is 6.29. The molecule has 0 spiro atoms. The molecule has 3 atom stereocenters. The highest BCUT2D eigenvalue weighted by molar-refractivity contribution is 6.35. The van der Waals surface area contributed by atoms with Gasteiger partial charge in [0.05, 0.1) is 6.04 Å². The van der Waals surface area contributed by atoms with Gasteiger partial charge < -0.3 is 21.3 Å². The summed E-state index contributed by atoms with van der Waals surface area (Å²) in [6.07, 6.45) is -4.71. The molecule has 1 saturated heterocycles. The van der Waals surface area contributed by atoms with Gasteiger partial charge in [-0.1, -0.05) is 12.8 Å². The molecule has 1 aliphatic heterocycles. The second kappa shape index (κ2) is 11.0. The quantitative estimate of drug-likeness (QED) is 0.225. The first-order chi connectivity index (χ1) is 16.7. The highest BCUT2D eigenvalue weighted by Crippen LogP contribution is 2.37. The zero-order chi connectivity index (χ0) is 26.7. The minimum Gasteiger partial charge on any atom is -0.356 e. The summed E-state index contributed by atoms with van der Waals surface area (Å²) in [7, 11) is 0. The monoisotopic (exact) mass is 526 g/mol. The standard InChI is InChI=1S/C21H27F5N4O6/c22-20(23)7-12(8-20)28-18(34)19(35)30-14(5-10-1-2-10)17(33)29-13(6-11-3-4-27-16(11)32)15(31)9-36-21(24,25)26/h10-14H,1-9H2,(H,27,32)(H,28,34)(H,29,33)(H,30,35). The molecule has 202 valence electrons. The number of hydrogen-bond donors (Lipinski definition) is 4. The van der Waals surface area contributed by atoms with E-state index in [1.807, 2.05) is 0 Å². The zero-order valence-corrected chi connectivity index (χ0v) is 19.1. The van der Waals surface area contributed by atoms with E-state index in [9.17, 15) is 45.9 Å². The van der Waals surface area contributed by atoms with Crippen LogP contribution in [0.25, 0.3) is 0 Å². The molecular formula is C21H27F5N4O6. The number of hydrogen-bond acceptors (Lipinski definition) is 6. The van der Waals surface area contributed by atoms with Crippen LogP contribution < -0.4 is 21.3 Å². The Morgan fingerprint density at radius 1 is 1.00 bits per heavy atom. The Balaban J connectivity index is 1.63. The first kappa shape index (κ1) is 27.7. The van der Waals surface area contributed by atoms with Gasteiger partial charge in [-0.25, -0.2) is 8.78 Å². The second-order valence-electron chi connectivity index (χ2n) is 9.41. The van der Waals surface area contributed by atoms with Crippen molar-refractivity contribution >= 4 is 29.4 Å². The molecule has 1 heterocycles. The number of nitrogens with one attached hydrogen (secondary N) is 4. The van der Waals surface area contributed by atoms with E-state index >= 15 is 0 Å². The van der Waals surface area contributed by atoms with Gasteiger partial charge in [-0.3, -0.25) is 28.7 Å². The van der Waals surface area contributed by atoms with Crippen molar-refractivity contribution in [2.45, 2.75) is 75.4 Å². The van der Waals surface area contributed by atoms with Gasteiger partial charge in [0.15, 0.2) is 5.78 Å². The molecule has 0 radical (unpaired) electrons. The highest BCUT2D eigenvalue weighted by atomic mass is 19.4. The van der Waals surface area contributed by atoms with Crippen LogP contribution in [0, 0.1) is 11.8 Å². The van der Waals surface area contributed by atoms with E-state index in [0.29, 0.717) is 13.0 Å². The molecule has 4 amide bonds. The molecular weight excluding hydrogens is 499 g/mol. The Kier molecular flexibility index (Phi) is 8.52. The molecule has 2 aliphatic carbocycles. The predicted molar refractivity (Wildman–Crippen MR) is 110 cm³/mol. The Morgan fingerprint density at radius 3 is 2.19 bits per heavy atom. The maximum absolute atomic E-state index is 13.0. The summed E-state index contributed by atoms with van der Waals surface area (Å²) in [6.45, 7) is -1.09. The second-order valence-corrected chi connectivity index (χ2v) is 9.41. The maximum atomic E-state index is 13.0. The van der Waals surface area contributed by atoms with Crippen LogP contribution >= 0.6 is 0 Å². The SMILES string of the molecule is O=C(NC1CC(F)(F)C1)C(=O)NC(CC1CC1)C(=O)NC(CC1CCNC1=O)C(=O)COC(F)(F)F. The van der Waals surface area contributed by atoms with Crippen molar-refractivity contribution in [3.63, 3.8) is 0 Å². The van der Waals surface area contributed by atoms with E-state index in [4.69, 9.17) is 0 Å². The van der Waals surface area contributed by atoms with Gasteiger partial charge in [-0.05, 0) is 25.2 Å². The Bertz CT molecular complexity index is 887. The smallest absolute Gasteiger partial charge is 0.356 e. The zero-order valence-electron chi connectivity index (χ0n) is 19.1. The number of alkyl halides is 5. The maximum Gasteiger partial charge on any atom is 0.522 e. The van der Waals surface area contributed by atoms with Crippen molar-refractivity contribution in [3.8, 4) is 0 Å². The van der Waals surface area contributed by atoms with Crippen molar-refractivity contribution < 1.29 is 50.7 Å². The van der Waals surface area contributed by atoms with Crippen LogP contribution in [0.15, 0.2) is 0 Å². The average molecular weight is 526 g/mol. The molecule has 3 aliphatic rings. The number of ketones is 1. The molecule has 0 aromatic rings. The highest BCUT2D eigenvalue weighted by Gasteiger charge is 2.46. The largest absolute Gasteiger partial charge is 0.522 e. The third kappa shape index (κ3) is 8.38. The summed E-state index contributed by atoms with van der Waals surface area (Å²) in [6, 6.07) is -3.71. The van der Waals surface area contributed by atoms with E-state index in [1.165, 1.54) is 0 Å². The summed E-state index contributed by atoms with van der Waals surface area (Å²) in [5.41, 5.74) is 0. The van der Waals surface area contributed by atoms with Crippen LogP contribution in [0.2, 0.25) is 0 Å². The fourth-order valence-electron chi connectivity index (χ4n) is 4.11. The fraction of sp³-hybridized carbons (Fsp3) is 0.762. The number of ether oxygens (including phenoxy) is 1. The summed E-state index contributed by atoms with van der Waals surface area (Å²) in [4.78, 5) is 61.6. The van der Waals surface area contributed by atoms with Crippen LogP contribution in [-0.2, 0) is 28.7 Å². The number of carbonyl (C=O) groups is 5. The molecule has 36 heavy (non-hydrogen) atoms. The lowest BCUT2D eigenvalue weighted by Crippen LogP contribution is -2.57. The van der Waals surface area contributed by atoms with Crippen molar-refractivity contribution in [3.05, 3.63) is 0 Å². The Labute approximate surface area is 202 Å². The average Bonchev–Trinajstić information content (AvgIpc) is 3.48. The topological polar surface area (TPSA) is 143 Å². The van der Waals surface area contributed by atoms with Gasteiger partial charge in [0.2, 0.25) is 11.8 Å². The summed E-state index contributed by atoms with van der Waals surface area (Å²) in [5.74, 6) is -8.54. The molecule has 2 saturated carbocycles. The summed E-state index contributed by atoms with van der Waals surface area (Å²) < 4.78 is 66.7. The minimum atomic E-state index is -5.09. The lowest BCUT2D eigenvalue weighted by atomic mass is 9.88. The molecule has 3 fully saturated rings. The third-order valence-electron chi connectivity index (χ3n) is 6.29. The normalized spacial score (nSPS) is 23.1. The van der Waals surface area contributed by atoms with Gasteiger partial charge >= 0.3 is 18.2 Å². The van der Waals surface area contributed by atoms with Crippen molar-refractivity contribution in [2.75, 3.05) is 13.2 Å². The molecule has 15 heteroatoms. The molecule has 0 bridgehead atoms. The first-order valence-electron chi connectivity index (χ1n) is 11.5. The molecule has 4 N–H and O–H groups in total. The molecule has 0 aromatic heterocycles. The van der Waals surface area contributed by atoms with Gasteiger partial charge in [0.25, 0.3) is 5.92 Å². The van der Waals surface area contributed by atoms with E-state index in [2.05, 4.69) is 26.0 Å². The van der Waals surface area contributed by atoms with Gasteiger partial charge in [-0.15, -0.1) is 13.2 Å². The summed E-state index contributed by atoms with van der Waals surface area (Å²) >= 11 is 0. The van der Waals surface area contributed by atoms with Crippen molar-refractivity contribution in [1.82, 2.24) is 21.3 Å². The number of amides is 4. The van der Waals surface area contributed by atoms with E-state index in [-0.39, 0.29) is 18.8 Å². The van der Waals surface area contributed by atoms with Gasteiger partial charge in [-0.2, -0.15) is 0 Å². The number of carbonyl (C=O) groups excluding carboxylic acids is 5. The van der Waals surface area contributed by atoms with Crippen LogP contribution in [0.4, 0.5) is 22.0 Å². The van der Waals surface area contributed by atoms with Crippen molar-refractivity contribution in [1.29, 1.82) is 0 Å². The minimum absolute atomic E-state index is 0.0396. The van der Waals surface area contributed by atoms with Gasteiger partial charge in [0, 0.05) is 31.3 Å². The number of rotatable bonds is 11. The lowest BCUT2D eigenvalue weighted by molar-refractivity contribution is -0.321. The molecule has 3 rings (SSSR count). The number of halogens is 5. The Hall–Kier alpha value is -2.84. The first-order valence-corrected chi connectivity index (χ1v) is 11.5. The lowest BCUT2D eigenvalue weighted by Gasteiger charge is -2.35. The van der Waals surface area contributed by atoms with E-state index in [1.54, 1.807) is 0 Å². The molecule has 10 nitrogen and oxygen atoms in total. The van der Waals surface area contributed by atoms with Crippen molar-refractivity contribution in [2.24, 2.45) is 11.8 Å². The Morgan fingerprint density at radius 2 is 1.67 bits per heavy atom. The summed E-state index contributed by atoms with van der Waals surface area (Å²) in [5, 5.41) is 9.17. The van der Waals surface area contributed by atoms with Gasteiger partial charge in [0.1, 0.15) is 12.6 Å². The van der Waals surface area contributed by atoms with Crippen LogP contribution in [-0.4, -0.2) is 73.0 Å². The fourth-order valence-corrected chi connectivity index (χ4v) is 4.11.